The summed E-state index contributed by atoms with van der Waals surface area (Å²) in [7, 11) is 0. The quantitative estimate of drug-likeness (QED) is 0.0597. The van der Waals surface area contributed by atoms with E-state index in [4.69, 9.17) is 0 Å². The standard InChI is InChI=1S/C46H94N2/c1-3-5-7-9-11-13-15-17-19-21-23-25-27-29-31-33-35-37-39-41-47-43-45-48(46-44-47)42-40-38-36-34-32-30-28-26-24-22-20-18-16-14-12-10-8-6-4-2/h3-46H2,1-2H3. The Morgan fingerprint density at radius 3 is 0.521 bits per heavy atom. The van der Waals surface area contributed by atoms with Crippen LogP contribution in [-0.2, 0) is 0 Å². The Bertz CT molecular complexity index is 518. The number of nitrogens with zero attached hydrogens (tertiary/aromatic N) is 2. The Balaban J connectivity index is 1.71. The molecule has 0 saturated carbocycles. The summed E-state index contributed by atoms with van der Waals surface area (Å²) in [4.78, 5) is 5.50. The monoisotopic (exact) mass is 675 g/mol. The summed E-state index contributed by atoms with van der Waals surface area (Å²) >= 11 is 0. The molecule has 1 rings (SSSR count). The molecule has 0 radical (unpaired) electrons. The van der Waals surface area contributed by atoms with E-state index in [1.54, 1.807) is 0 Å². The van der Waals surface area contributed by atoms with E-state index in [-0.39, 0.29) is 0 Å². The molecule has 0 aliphatic carbocycles. The summed E-state index contributed by atoms with van der Waals surface area (Å²) in [5.41, 5.74) is 0. The summed E-state index contributed by atoms with van der Waals surface area (Å²) in [5.74, 6) is 0. The van der Waals surface area contributed by atoms with Gasteiger partial charge in [-0.2, -0.15) is 0 Å². The van der Waals surface area contributed by atoms with E-state index in [0.29, 0.717) is 0 Å². The zero-order valence-corrected chi connectivity index (χ0v) is 34.0. The Kier molecular flexibility index (Phi) is 38.0. The van der Waals surface area contributed by atoms with Gasteiger partial charge < -0.3 is 9.80 Å². The molecule has 0 bridgehead atoms. The summed E-state index contributed by atoms with van der Waals surface area (Å²) in [6, 6.07) is 0. The molecule has 0 aromatic heterocycles. The van der Waals surface area contributed by atoms with Crippen LogP contribution in [0.4, 0.5) is 0 Å². The average molecular weight is 675 g/mol. The molecular weight excluding hydrogens is 581 g/mol. The van der Waals surface area contributed by atoms with Crippen LogP contribution < -0.4 is 0 Å². The first kappa shape index (κ1) is 45.9. The van der Waals surface area contributed by atoms with Crippen molar-refractivity contribution in [2.24, 2.45) is 0 Å². The van der Waals surface area contributed by atoms with Gasteiger partial charge in [-0.05, 0) is 25.9 Å². The highest BCUT2D eigenvalue weighted by molar-refractivity contribution is 4.72. The van der Waals surface area contributed by atoms with Gasteiger partial charge in [0.25, 0.3) is 0 Å². The second-order valence-electron chi connectivity index (χ2n) is 16.4. The third kappa shape index (κ3) is 34.4. The maximum atomic E-state index is 2.75. The lowest BCUT2D eigenvalue weighted by Crippen LogP contribution is -2.46. The molecule has 288 valence electrons. The minimum Gasteiger partial charge on any atom is -0.301 e. The predicted molar refractivity (Wildman–Crippen MR) is 220 cm³/mol. The fraction of sp³-hybridized carbons (Fsp3) is 1.00. The van der Waals surface area contributed by atoms with Crippen molar-refractivity contribution in [3.8, 4) is 0 Å². The minimum atomic E-state index is 1.32. The first-order chi connectivity index (χ1) is 23.9. The van der Waals surface area contributed by atoms with Gasteiger partial charge >= 0.3 is 0 Å². The fourth-order valence-corrected chi connectivity index (χ4v) is 8.06. The van der Waals surface area contributed by atoms with Gasteiger partial charge in [0.15, 0.2) is 0 Å². The molecule has 0 N–H and O–H groups in total. The number of piperazine rings is 1. The third-order valence-corrected chi connectivity index (χ3v) is 11.6. The van der Waals surface area contributed by atoms with Crippen LogP contribution in [0.5, 0.6) is 0 Å². The van der Waals surface area contributed by atoms with E-state index in [9.17, 15) is 0 Å². The predicted octanol–water partition coefficient (Wildman–Crippen LogP) is 15.5. The van der Waals surface area contributed by atoms with Crippen LogP contribution in [0.1, 0.15) is 258 Å². The van der Waals surface area contributed by atoms with Crippen molar-refractivity contribution < 1.29 is 0 Å². The molecule has 1 heterocycles. The highest BCUT2D eigenvalue weighted by Gasteiger charge is 2.15. The van der Waals surface area contributed by atoms with Crippen LogP contribution in [0.3, 0.4) is 0 Å². The lowest BCUT2D eigenvalue weighted by atomic mass is 10.0. The van der Waals surface area contributed by atoms with Crippen molar-refractivity contribution >= 4 is 0 Å². The topological polar surface area (TPSA) is 6.48 Å². The molecule has 1 fully saturated rings. The van der Waals surface area contributed by atoms with Gasteiger partial charge in [-0.25, -0.2) is 0 Å². The molecule has 0 aromatic carbocycles. The molecule has 2 nitrogen and oxygen atoms in total. The maximum Gasteiger partial charge on any atom is 0.0110 e. The number of hydrogen-bond acceptors (Lipinski definition) is 2. The van der Waals surface area contributed by atoms with Gasteiger partial charge in [-0.3, -0.25) is 0 Å². The lowest BCUT2D eigenvalue weighted by Gasteiger charge is -2.34. The first-order valence-electron chi connectivity index (χ1n) is 23.3. The summed E-state index contributed by atoms with van der Waals surface area (Å²) in [6.07, 6.45) is 55.9. The van der Waals surface area contributed by atoms with E-state index in [0.717, 1.165) is 0 Å². The molecule has 2 heteroatoms. The molecule has 0 aromatic rings. The maximum absolute atomic E-state index is 2.75. The van der Waals surface area contributed by atoms with Crippen molar-refractivity contribution in [2.45, 2.75) is 258 Å². The second kappa shape index (κ2) is 39.7. The van der Waals surface area contributed by atoms with Crippen molar-refractivity contribution in [1.29, 1.82) is 0 Å². The fourth-order valence-electron chi connectivity index (χ4n) is 8.06. The normalized spacial score (nSPS) is 14.4. The van der Waals surface area contributed by atoms with Crippen molar-refractivity contribution in [3.63, 3.8) is 0 Å². The first-order valence-corrected chi connectivity index (χ1v) is 23.3. The van der Waals surface area contributed by atoms with Crippen LogP contribution in [-0.4, -0.2) is 49.1 Å². The molecule has 0 atom stereocenters. The van der Waals surface area contributed by atoms with Gasteiger partial charge in [0.1, 0.15) is 0 Å². The van der Waals surface area contributed by atoms with Crippen molar-refractivity contribution in [1.82, 2.24) is 9.80 Å². The van der Waals surface area contributed by atoms with Gasteiger partial charge in [0.05, 0.1) is 0 Å². The van der Waals surface area contributed by atoms with Gasteiger partial charge in [0.2, 0.25) is 0 Å². The van der Waals surface area contributed by atoms with Gasteiger partial charge in [-0.1, -0.05) is 245 Å². The zero-order chi connectivity index (χ0) is 34.3. The number of unbranched alkanes of at least 4 members (excludes halogenated alkanes) is 36. The summed E-state index contributed by atoms with van der Waals surface area (Å²) < 4.78 is 0. The highest BCUT2D eigenvalue weighted by Crippen LogP contribution is 2.17. The molecule has 0 spiro atoms. The Labute approximate surface area is 306 Å². The average Bonchev–Trinajstić information content (AvgIpc) is 3.11. The van der Waals surface area contributed by atoms with E-state index in [1.165, 1.54) is 283 Å². The molecule has 1 saturated heterocycles. The number of rotatable bonds is 40. The van der Waals surface area contributed by atoms with E-state index in [1.807, 2.05) is 0 Å². The third-order valence-electron chi connectivity index (χ3n) is 11.6. The smallest absolute Gasteiger partial charge is 0.0110 e. The zero-order valence-electron chi connectivity index (χ0n) is 34.0. The van der Waals surface area contributed by atoms with E-state index >= 15 is 0 Å². The van der Waals surface area contributed by atoms with Crippen LogP contribution in [0.2, 0.25) is 0 Å². The van der Waals surface area contributed by atoms with Crippen LogP contribution >= 0.6 is 0 Å². The largest absolute Gasteiger partial charge is 0.301 e. The van der Waals surface area contributed by atoms with Gasteiger partial charge in [-0.15, -0.1) is 0 Å². The highest BCUT2D eigenvalue weighted by atomic mass is 15.3. The van der Waals surface area contributed by atoms with Crippen LogP contribution in [0.25, 0.3) is 0 Å². The van der Waals surface area contributed by atoms with Crippen LogP contribution in [0, 0.1) is 0 Å². The van der Waals surface area contributed by atoms with Crippen LogP contribution in [0.15, 0.2) is 0 Å². The Morgan fingerprint density at radius 1 is 0.208 bits per heavy atom. The Morgan fingerprint density at radius 2 is 0.354 bits per heavy atom. The Hall–Kier alpha value is -0.0800. The molecule has 1 aliphatic heterocycles. The molecule has 48 heavy (non-hydrogen) atoms. The summed E-state index contributed by atoms with van der Waals surface area (Å²) in [6.45, 7) is 12.6. The summed E-state index contributed by atoms with van der Waals surface area (Å²) in [5, 5.41) is 0. The second-order valence-corrected chi connectivity index (χ2v) is 16.4. The minimum absolute atomic E-state index is 1.32. The SMILES string of the molecule is CCCCCCCCCCCCCCCCCCCCCN1CCN(CCCCCCCCCCCCCCCCCCCCC)CC1. The van der Waals surface area contributed by atoms with Crippen molar-refractivity contribution in [3.05, 3.63) is 0 Å². The van der Waals surface area contributed by atoms with Crippen molar-refractivity contribution in [2.75, 3.05) is 39.3 Å². The molecule has 1 aliphatic rings. The molecule has 0 unspecified atom stereocenters. The lowest BCUT2D eigenvalue weighted by molar-refractivity contribution is 0.129. The van der Waals surface area contributed by atoms with E-state index in [2.05, 4.69) is 23.6 Å². The van der Waals surface area contributed by atoms with Gasteiger partial charge in [0, 0.05) is 26.2 Å². The molecule has 0 amide bonds. The molecular formula is C46H94N2. The van der Waals surface area contributed by atoms with E-state index < -0.39 is 0 Å². The number of hydrogen-bond donors (Lipinski definition) is 0.